The predicted octanol–water partition coefficient (Wildman–Crippen LogP) is 1.37. The average Bonchev–Trinajstić information content (AvgIpc) is 2.00. The maximum atomic E-state index is 13.1. The molecule has 0 bridgehead atoms. The highest BCUT2D eigenvalue weighted by molar-refractivity contribution is 5.34. The van der Waals surface area contributed by atoms with Gasteiger partial charge in [0.15, 0.2) is 0 Å². The first-order chi connectivity index (χ1) is 5.65. The van der Waals surface area contributed by atoms with Gasteiger partial charge in [-0.15, -0.1) is 0 Å². The first kappa shape index (κ1) is 9.00. The Morgan fingerprint density at radius 1 is 1.42 bits per heavy atom. The largest absolute Gasteiger partial charge is 0.508 e. The van der Waals surface area contributed by atoms with Gasteiger partial charge in [-0.2, -0.15) is 0 Å². The molecule has 66 valence electrons. The quantitative estimate of drug-likeness (QED) is 0.703. The van der Waals surface area contributed by atoms with Crippen molar-refractivity contribution in [1.29, 1.82) is 0 Å². The molecular weight excluding hydrogens is 159 g/mol. The standard InChI is InChI=1S/C9H11FO2/c1-6-4-8(12)5-7(2-3-11)9(6)10/h4-5,11-12H,2-3H2,1H3. The molecule has 12 heavy (non-hydrogen) atoms. The number of aryl methyl sites for hydroxylation is 1. The van der Waals surface area contributed by atoms with Crippen LogP contribution in [0.5, 0.6) is 5.75 Å². The van der Waals surface area contributed by atoms with E-state index >= 15 is 0 Å². The number of hydrogen-bond acceptors (Lipinski definition) is 2. The van der Waals surface area contributed by atoms with Crippen molar-refractivity contribution in [3.63, 3.8) is 0 Å². The summed E-state index contributed by atoms with van der Waals surface area (Å²) in [6.45, 7) is 1.47. The monoisotopic (exact) mass is 170 g/mol. The van der Waals surface area contributed by atoms with Crippen molar-refractivity contribution < 1.29 is 14.6 Å². The molecule has 0 amide bonds. The highest BCUT2D eigenvalue weighted by Gasteiger charge is 2.06. The van der Waals surface area contributed by atoms with Crippen molar-refractivity contribution >= 4 is 0 Å². The lowest BCUT2D eigenvalue weighted by molar-refractivity contribution is 0.297. The Labute approximate surface area is 70.3 Å². The smallest absolute Gasteiger partial charge is 0.129 e. The molecule has 2 N–H and O–H groups in total. The Morgan fingerprint density at radius 3 is 2.67 bits per heavy atom. The lowest BCUT2D eigenvalue weighted by Gasteiger charge is -2.04. The van der Waals surface area contributed by atoms with E-state index in [4.69, 9.17) is 10.2 Å². The summed E-state index contributed by atoms with van der Waals surface area (Å²) in [7, 11) is 0. The third kappa shape index (κ3) is 1.74. The maximum absolute atomic E-state index is 13.1. The number of halogens is 1. The van der Waals surface area contributed by atoms with Crippen LogP contribution in [0.2, 0.25) is 0 Å². The van der Waals surface area contributed by atoms with E-state index in [-0.39, 0.29) is 24.6 Å². The van der Waals surface area contributed by atoms with Gasteiger partial charge in [-0.05, 0) is 36.6 Å². The van der Waals surface area contributed by atoms with Gasteiger partial charge >= 0.3 is 0 Å². The zero-order chi connectivity index (χ0) is 9.14. The van der Waals surface area contributed by atoms with Crippen LogP contribution >= 0.6 is 0 Å². The summed E-state index contributed by atoms with van der Waals surface area (Å²) in [4.78, 5) is 0. The number of aliphatic hydroxyl groups excluding tert-OH is 1. The maximum Gasteiger partial charge on any atom is 0.129 e. The van der Waals surface area contributed by atoms with Crippen LogP contribution in [0.15, 0.2) is 12.1 Å². The minimum Gasteiger partial charge on any atom is -0.508 e. The Balaban J connectivity index is 3.09. The SMILES string of the molecule is Cc1cc(O)cc(CCO)c1F. The number of benzene rings is 1. The van der Waals surface area contributed by atoms with Crippen LogP contribution in [0, 0.1) is 12.7 Å². The summed E-state index contributed by atoms with van der Waals surface area (Å²) in [5.41, 5.74) is 0.758. The van der Waals surface area contributed by atoms with Crippen molar-refractivity contribution in [3.05, 3.63) is 29.1 Å². The molecule has 1 rings (SSSR count). The Kier molecular flexibility index (Phi) is 2.65. The summed E-state index contributed by atoms with van der Waals surface area (Å²) in [5, 5.41) is 17.7. The predicted molar refractivity (Wildman–Crippen MR) is 43.6 cm³/mol. The highest BCUT2D eigenvalue weighted by Crippen LogP contribution is 2.19. The number of aromatic hydroxyl groups is 1. The van der Waals surface area contributed by atoms with E-state index in [9.17, 15) is 4.39 Å². The number of phenols is 1. The summed E-state index contributed by atoms with van der Waals surface area (Å²) in [6, 6.07) is 2.69. The summed E-state index contributed by atoms with van der Waals surface area (Å²) < 4.78 is 13.1. The molecule has 0 radical (unpaired) electrons. The molecule has 0 fully saturated rings. The van der Waals surface area contributed by atoms with Crippen LogP contribution in [0.25, 0.3) is 0 Å². The molecule has 3 heteroatoms. The average molecular weight is 170 g/mol. The van der Waals surface area contributed by atoms with Crippen molar-refractivity contribution in [2.45, 2.75) is 13.3 Å². The molecule has 0 saturated carbocycles. The first-order valence-electron chi connectivity index (χ1n) is 3.74. The van der Waals surface area contributed by atoms with E-state index in [2.05, 4.69) is 0 Å². The first-order valence-corrected chi connectivity index (χ1v) is 3.74. The fourth-order valence-electron chi connectivity index (χ4n) is 1.12. The minimum atomic E-state index is -0.346. The third-order valence-corrected chi connectivity index (χ3v) is 1.70. The zero-order valence-electron chi connectivity index (χ0n) is 6.84. The Bertz CT molecular complexity index is 284. The molecule has 1 aromatic rings. The number of aliphatic hydroxyl groups is 1. The van der Waals surface area contributed by atoms with E-state index < -0.39 is 0 Å². The van der Waals surface area contributed by atoms with Crippen molar-refractivity contribution in [2.24, 2.45) is 0 Å². The topological polar surface area (TPSA) is 40.5 Å². The molecule has 0 aliphatic heterocycles. The van der Waals surface area contributed by atoms with Crippen molar-refractivity contribution in [1.82, 2.24) is 0 Å². The Morgan fingerprint density at radius 2 is 2.08 bits per heavy atom. The van der Waals surface area contributed by atoms with Crippen LogP contribution < -0.4 is 0 Å². The zero-order valence-corrected chi connectivity index (χ0v) is 6.84. The molecule has 0 heterocycles. The lowest BCUT2D eigenvalue weighted by atomic mass is 10.1. The van der Waals surface area contributed by atoms with Gasteiger partial charge in [-0.1, -0.05) is 0 Å². The van der Waals surface area contributed by atoms with Crippen molar-refractivity contribution in [3.8, 4) is 5.75 Å². The van der Waals surface area contributed by atoms with E-state index in [0.717, 1.165) is 0 Å². The van der Waals surface area contributed by atoms with E-state index in [1.165, 1.54) is 12.1 Å². The van der Waals surface area contributed by atoms with Crippen LogP contribution in [-0.2, 0) is 6.42 Å². The minimum absolute atomic E-state index is 0.0392. The molecule has 0 aliphatic rings. The highest BCUT2D eigenvalue weighted by atomic mass is 19.1. The molecular formula is C9H11FO2. The van der Waals surface area contributed by atoms with Crippen LogP contribution in [0.3, 0.4) is 0 Å². The van der Waals surface area contributed by atoms with Gasteiger partial charge in [0.2, 0.25) is 0 Å². The van der Waals surface area contributed by atoms with Crippen LogP contribution in [0.4, 0.5) is 4.39 Å². The summed E-state index contributed by atoms with van der Waals surface area (Å²) in [5.74, 6) is -0.306. The van der Waals surface area contributed by atoms with Gasteiger partial charge in [-0.3, -0.25) is 0 Å². The van der Waals surface area contributed by atoms with Crippen LogP contribution in [0.1, 0.15) is 11.1 Å². The van der Waals surface area contributed by atoms with Gasteiger partial charge in [-0.25, -0.2) is 4.39 Å². The van der Waals surface area contributed by atoms with Crippen molar-refractivity contribution in [2.75, 3.05) is 6.61 Å². The van der Waals surface area contributed by atoms with E-state index in [1.54, 1.807) is 6.92 Å². The lowest BCUT2D eigenvalue weighted by Crippen LogP contribution is -1.96. The van der Waals surface area contributed by atoms with Gasteiger partial charge < -0.3 is 10.2 Å². The van der Waals surface area contributed by atoms with Crippen LogP contribution in [-0.4, -0.2) is 16.8 Å². The van der Waals surface area contributed by atoms with E-state index in [1.807, 2.05) is 0 Å². The molecule has 0 unspecified atom stereocenters. The fraction of sp³-hybridized carbons (Fsp3) is 0.333. The number of rotatable bonds is 2. The summed E-state index contributed by atoms with van der Waals surface area (Å²) in [6.07, 6.45) is 0.237. The Hall–Kier alpha value is -1.09. The molecule has 0 atom stereocenters. The second-order valence-corrected chi connectivity index (χ2v) is 2.71. The van der Waals surface area contributed by atoms with E-state index in [0.29, 0.717) is 11.1 Å². The van der Waals surface area contributed by atoms with Gasteiger partial charge in [0.05, 0.1) is 0 Å². The normalized spacial score (nSPS) is 10.2. The fourth-order valence-corrected chi connectivity index (χ4v) is 1.12. The number of hydrogen-bond donors (Lipinski definition) is 2. The molecule has 0 aromatic heterocycles. The third-order valence-electron chi connectivity index (χ3n) is 1.70. The summed E-state index contributed by atoms with van der Waals surface area (Å²) >= 11 is 0. The van der Waals surface area contributed by atoms with Gasteiger partial charge in [0, 0.05) is 6.61 Å². The second kappa shape index (κ2) is 3.54. The molecule has 0 saturated heterocycles. The van der Waals surface area contributed by atoms with Gasteiger partial charge in [0.1, 0.15) is 11.6 Å². The molecule has 0 aliphatic carbocycles. The second-order valence-electron chi connectivity index (χ2n) is 2.71. The molecule has 1 aromatic carbocycles. The molecule has 2 nitrogen and oxygen atoms in total. The molecule has 0 spiro atoms. The number of phenolic OH excluding ortho intramolecular Hbond substituents is 1. The van der Waals surface area contributed by atoms with Gasteiger partial charge in [0.25, 0.3) is 0 Å².